The molecule has 0 aliphatic rings. The lowest BCUT2D eigenvalue weighted by Gasteiger charge is -2.35. The third kappa shape index (κ3) is 6.91. The average molecular weight is 216 g/mol. The second-order valence-corrected chi connectivity index (χ2v) is 5.91. The largest absolute Gasteiger partial charge is 0.391 e. The molecule has 2 atom stereocenters. The van der Waals surface area contributed by atoms with Gasteiger partial charge in [0.25, 0.3) is 0 Å². The minimum absolute atomic E-state index is 0.103. The SMILES string of the molecule is CCC(O)COC(C)(CC)CC(C)(C)C. The van der Waals surface area contributed by atoms with Crippen molar-refractivity contribution in [3.05, 3.63) is 0 Å². The van der Waals surface area contributed by atoms with E-state index in [1.54, 1.807) is 0 Å². The number of aliphatic hydroxyl groups is 1. The van der Waals surface area contributed by atoms with Gasteiger partial charge < -0.3 is 9.84 Å². The molecule has 0 aliphatic heterocycles. The van der Waals surface area contributed by atoms with E-state index < -0.39 is 0 Å². The summed E-state index contributed by atoms with van der Waals surface area (Å²) < 4.78 is 5.86. The highest BCUT2D eigenvalue weighted by atomic mass is 16.5. The van der Waals surface area contributed by atoms with Crippen LogP contribution in [0.2, 0.25) is 0 Å². The van der Waals surface area contributed by atoms with Crippen LogP contribution in [0, 0.1) is 5.41 Å². The minimum Gasteiger partial charge on any atom is -0.391 e. The molecule has 0 saturated carbocycles. The lowest BCUT2D eigenvalue weighted by atomic mass is 9.81. The van der Waals surface area contributed by atoms with Gasteiger partial charge in [-0.15, -0.1) is 0 Å². The Balaban J connectivity index is 4.19. The van der Waals surface area contributed by atoms with Gasteiger partial charge in [0, 0.05) is 0 Å². The first kappa shape index (κ1) is 14.9. The molecule has 0 saturated heterocycles. The van der Waals surface area contributed by atoms with Crippen molar-refractivity contribution in [3.63, 3.8) is 0 Å². The van der Waals surface area contributed by atoms with E-state index in [0.29, 0.717) is 6.61 Å². The van der Waals surface area contributed by atoms with E-state index in [9.17, 15) is 5.11 Å². The van der Waals surface area contributed by atoms with Crippen LogP contribution in [-0.4, -0.2) is 23.4 Å². The van der Waals surface area contributed by atoms with Gasteiger partial charge in [-0.1, -0.05) is 34.6 Å². The standard InChI is InChI=1S/C13H28O2/c1-7-11(14)9-15-13(6,8-2)10-12(3,4)5/h11,14H,7-10H2,1-6H3. The van der Waals surface area contributed by atoms with E-state index in [1.807, 2.05) is 6.92 Å². The fraction of sp³-hybridized carbons (Fsp3) is 1.00. The smallest absolute Gasteiger partial charge is 0.0771 e. The Kier molecular flexibility index (Phi) is 5.82. The summed E-state index contributed by atoms with van der Waals surface area (Å²) in [6.07, 6.45) is 2.44. The topological polar surface area (TPSA) is 29.5 Å². The molecule has 2 unspecified atom stereocenters. The fourth-order valence-corrected chi connectivity index (χ4v) is 1.82. The lowest BCUT2D eigenvalue weighted by Crippen LogP contribution is -2.35. The van der Waals surface area contributed by atoms with Crippen molar-refractivity contribution in [2.45, 2.75) is 72.5 Å². The lowest BCUT2D eigenvalue weighted by molar-refractivity contribution is -0.0901. The number of ether oxygens (including phenoxy) is 1. The Bertz CT molecular complexity index is 172. The van der Waals surface area contributed by atoms with E-state index in [-0.39, 0.29) is 17.1 Å². The summed E-state index contributed by atoms with van der Waals surface area (Å²) in [5.74, 6) is 0. The summed E-state index contributed by atoms with van der Waals surface area (Å²) in [6, 6.07) is 0. The average Bonchev–Trinajstić information content (AvgIpc) is 2.11. The highest BCUT2D eigenvalue weighted by molar-refractivity contribution is 4.80. The van der Waals surface area contributed by atoms with Gasteiger partial charge in [-0.25, -0.2) is 0 Å². The van der Waals surface area contributed by atoms with E-state index >= 15 is 0 Å². The van der Waals surface area contributed by atoms with E-state index in [2.05, 4.69) is 34.6 Å². The van der Waals surface area contributed by atoms with Gasteiger partial charge in [-0.05, 0) is 31.6 Å². The van der Waals surface area contributed by atoms with Gasteiger partial charge in [0.15, 0.2) is 0 Å². The maximum absolute atomic E-state index is 9.49. The van der Waals surface area contributed by atoms with Crippen LogP contribution in [0.3, 0.4) is 0 Å². The number of hydrogen-bond donors (Lipinski definition) is 1. The second kappa shape index (κ2) is 5.86. The first-order chi connectivity index (χ1) is 6.72. The number of rotatable bonds is 6. The first-order valence-electron chi connectivity index (χ1n) is 6.04. The van der Waals surface area contributed by atoms with Gasteiger partial charge in [0.1, 0.15) is 0 Å². The third-order valence-electron chi connectivity index (χ3n) is 2.75. The molecule has 0 bridgehead atoms. The predicted molar refractivity (Wildman–Crippen MR) is 65.0 cm³/mol. The predicted octanol–water partition coefficient (Wildman–Crippen LogP) is 3.38. The quantitative estimate of drug-likeness (QED) is 0.737. The van der Waals surface area contributed by atoms with Crippen molar-refractivity contribution in [3.8, 4) is 0 Å². The van der Waals surface area contributed by atoms with Crippen molar-refractivity contribution in [1.82, 2.24) is 0 Å². The van der Waals surface area contributed by atoms with Gasteiger partial charge >= 0.3 is 0 Å². The summed E-state index contributed by atoms with van der Waals surface area (Å²) in [5, 5.41) is 9.49. The highest BCUT2D eigenvalue weighted by Crippen LogP contribution is 2.32. The maximum atomic E-state index is 9.49. The molecule has 0 fully saturated rings. The van der Waals surface area contributed by atoms with Crippen LogP contribution >= 0.6 is 0 Å². The Morgan fingerprint density at radius 3 is 2.00 bits per heavy atom. The van der Waals surface area contributed by atoms with Crippen LogP contribution in [0.4, 0.5) is 0 Å². The first-order valence-corrected chi connectivity index (χ1v) is 6.04. The van der Waals surface area contributed by atoms with Gasteiger partial charge in [0.05, 0.1) is 18.3 Å². The molecule has 15 heavy (non-hydrogen) atoms. The summed E-state index contributed by atoms with van der Waals surface area (Å²) in [5.41, 5.74) is 0.163. The molecule has 0 aromatic rings. The summed E-state index contributed by atoms with van der Waals surface area (Å²) in [7, 11) is 0. The molecule has 1 N–H and O–H groups in total. The highest BCUT2D eigenvalue weighted by Gasteiger charge is 2.29. The van der Waals surface area contributed by atoms with Crippen LogP contribution < -0.4 is 0 Å². The zero-order chi connectivity index (χ0) is 12.1. The molecule has 0 heterocycles. The Labute approximate surface area is 95.0 Å². The van der Waals surface area contributed by atoms with Gasteiger partial charge in [0.2, 0.25) is 0 Å². The molecule has 0 spiro atoms. The molecule has 0 aromatic heterocycles. The number of hydrogen-bond acceptors (Lipinski definition) is 2. The molecule has 0 aromatic carbocycles. The summed E-state index contributed by atoms with van der Waals surface area (Å²) >= 11 is 0. The van der Waals surface area contributed by atoms with Crippen LogP contribution in [0.25, 0.3) is 0 Å². The van der Waals surface area contributed by atoms with Crippen molar-refractivity contribution in [2.24, 2.45) is 5.41 Å². The van der Waals surface area contributed by atoms with E-state index in [0.717, 1.165) is 19.3 Å². The molecule has 2 nitrogen and oxygen atoms in total. The van der Waals surface area contributed by atoms with Gasteiger partial charge in [-0.3, -0.25) is 0 Å². The Morgan fingerprint density at radius 1 is 1.13 bits per heavy atom. The molecule has 0 rings (SSSR count). The zero-order valence-electron chi connectivity index (χ0n) is 11.3. The van der Waals surface area contributed by atoms with Crippen LogP contribution in [0.1, 0.15) is 60.8 Å². The molecule has 0 aliphatic carbocycles. The monoisotopic (exact) mass is 216 g/mol. The zero-order valence-corrected chi connectivity index (χ0v) is 11.3. The van der Waals surface area contributed by atoms with Crippen LogP contribution in [0.5, 0.6) is 0 Å². The Hall–Kier alpha value is -0.0800. The molecular weight excluding hydrogens is 188 g/mol. The van der Waals surface area contributed by atoms with Crippen molar-refractivity contribution in [1.29, 1.82) is 0 Å². The molecule has 2 heteroatoms. The fourth-order valence-electron chi connectivity index (χ4n) is 1.82. The third-order valence-corrected chi connectivity index (χ3v) is 2.75. The molecular formula is C13H28O2. The van der Waals surface area contributed by atoms with Crippen molar-refractivity contribution < 1.29 is 9.84 Å². The molecule has 92 valence electrons. The normalized spacial score (nSPS) is 18.6. The van der Waals surface area contributed by atoms with E-state index in [1.165, 1.54) is 0 Å². The van der Waals surface area contributed by atoms with Crippen LogP contribution in [-0.2, 0) is 4.74 Å². The van der Waals surface area contributed by atoms with Gasteiger partial charge in [-0.2, -0.15) is 0 Å². The van der Waals surface area contributed by atoms with Crippen molar-refractivity contribution in [2.75, 3.05) is 6.61 Å². The minimum atomic E-state index is -0.323. The van der Waals surface area contributed by atoms with E-state index in [4.69, 9.17) is 4.74 Å². The maximum Gasteiger partial charge on any atom is 0.0771 e. The molecule has 0 amide bonds. The Morgan fingerprint density at radius 2 is 1.67 bits per heavy atom. The molecule has 0 radical (unpaired) electrons. The van der Waals surface area contributed by atoms with Crippen LogP contribution in [0.15, 0.2) is 0 Å². The second-order valence-electron chi connectivity index (χ2n) is 5.91. The summed E-state index contributed by atoms with van der Waals surface area (Å²) in [4.78, 5) is 0. The number of aliphatic hydroxyl groups excluding tert-OH is 1. The summed E-state index contributed by atoms with van der Waals surface area (Å²) in [6.45, 7) is 13.4. The van der Waals surface area contributed by atoms with Crippen molar-refractivity contribution >= 4 is 0 Å².